The average molecular weight is 337 g/mol. The summed E-state index contributed by atoms with van der Waals surface area (Å²) in [5.41, 5.74) is 1.38. The molecule has 0 aliphatic heterocycles. The minimum Gasteiger partial charge on any atom is -0.493 e. The molecular weight excluding hydrogens is 322 g/mol. The van der Waals surface area contributed by atoms with Gasteiger partial charge in [0.25, 0.3) is 11.8 Å². The van der Waals surface area contributed by atoms with E-state index in [4.69, 9.17) is 0 Å². The van der Waals surface area contributed by atoms with Crippen molar-refractivity contribution < 1.29 is 14.7 Å². The Morgan fingerprint density at radius 3 is 2.68 bits per heavy atom. The van der Waals surface area contributed by atoms with E-state index in [0.717, 1.165) is 5.52 Å². The van der Waals surface area contributed by atoms with Crippen LogP contribution >= 0.6 is 0 Å². The number of hydrogen-bond donors (Lipinski definition) is 2. The molecule has 0 unspecified atom stereocenters. The van der Waals surface area contributed by atoms with Crippen LogP contribution < -0.4 is 5.32 Å². The molecule has 2 heterocycles. The highest BCUT2D eigenvalue weighted by Gasteiger charge is 2.14. The minimum atomic E-state index is -0.630. The van der Waals surface area contributed by atoms with Crippen LogP contribution in [0.25, 0.3) is 10.9 Å². The van der Waals surface area contributed by atoms with Crippen molar-refractivity contribution in [2.75, 3.05) is 6.54 Å². The second kappa shape index (κ2) is 6.91. The molecule has 126 valence electrons. The van der Waals surface area contributed by atoms with Crippen molar-refractivity contribution in [2.45, 2.75) is 0 Å². The Morgan fingerprint density at radius 1 is 1.20 bits per heavy atom. The normalized spacial score (nSPS) is 11.1. The molecule has 0 saturated carbocycles. The predicted molar refractivity (Wildman–Crippen MR) is 90.7 cm³/mol. The maximum absolute atomic E-state index is 11.8. The van der Waals surface area contributed by atoms with Crippen molar-refractivity contribution in [1.82, 2.24) is 14.9 Å². The zero-order valence-electron chi connectivity index (χ0n) is 13.4. The molecule has 0 radical (unpaired) electrons. The van der Waals surface area contributed by atoms with Crippen LogP contribution in [-0.2, 0) is 11.8 Å². The molecule has 25 heavy (non-hydrogen) atoms. The zero-order chi connectivity index (χ0) is 17.8. The van der Waals surface area contributed by atoms with E-state index in [1.54, 1.807) is 23.7 Å². The van der Waals surface area contributed by atoms with E-state index in [1.165, 1.54) is 24.5 Å². The van der Waals surface area contributed by atoms with E-state index < -0.39 is 11.8 Å². The van der Waals surface area contributed by atoms with Gasteiger partial charge >= 0.3 is 0 Å². The summed E-state index contributed by atoms with van der Waals surface area (Å²) >= 11 is 0. The number of benzene rings is 1. The van der Waals surface area contributed by atoms with Crippen LogP contribution in [0.15, 0.2) is 59.0 Å². The molecule has 8 heteroatoms. The molecule has 0 fully saturated rings. The van der Waals surface area contributed by atoms with Gasteiger partial charge in [0.1, 0.15) is 6.54 Å². The Hall–Kier alpha value is -3.55. The summed E-state index contributed by atoms with van der Waals surface area (Å²) in [6.45, 7) is -0.295. The lowest BCUT2D eigenvalue weighted by atomic mass is 10.2. The number of pyridine rings is 1. The molecule has 3 rings (SSSR count). The monoisotopic (exact) mass is 337 g/mol. The molecule has 0 aliphatic carbocycles. The highest BCUT2D eigenvalue weighted by atomic mass is 16.3. The van der Waals surface area contributed by atoms with Crippen molar-refractivity contribution in [3.05, 3.63) is 54.4 Å². The third-order valence-corrected chi connectivity index (χ3v) is 3.65. The summed E-state index contributed by atoms with van der Waals surface area (Å²) in [6.07, 6.45) is 2.97. The van der Waals surface area contributed by atoms with Gasteiger partial charge in [0.2, 0.25) is 5.88 Å². The average Bonchev–Trinajstić information content (AvgIpc) is 2.89. The Morgan fingerprint density at radius 2 is 1.92 bits per heavy atom. The van der Waals surface area contributed by atoms with Crippen LogP contribution in [0.2, 0.25) is 0 Å². The Labute approximate surface area is 142 Å². The Kier molecular flexibility index (Phi) is 4.51. The van der Waals surface area contributed by atoms with Crippen LogP contribution in [0.1, 0.15) is 10.4 Å². The predicted octanol–water partition coefficient (Wildman–Crippen LogP) is 2.32. The fourth-order valence-corrected chi connectivity index (χ4v) is 2.36. The number of carbonyl (C=O) groups excluding carboxylic acids is 2. The van der Waals surface area contributed by atoms with E-state index >= 15 is 0 Å². The van der Waals surface area contributed by atoms with Crippen molar-refractivity contribution in [3.8, 4) is 5.88 Å². The SMILES string of the molecule is Cn1c(O)c(N=NC(=O)CNC(=O)c2ccncc2)c2ccccc21. The van der Waals surface area contributed by atoms with Crippen molar-refractivity contribution in [1.29, 1.82) is 0 Å². The number of nitrogens with one attached hydrogen (secondary N) is 1. The molecule has 2 aromatic heterocycles. The van der Waals surface area contributed by atoms with E-state index in [1.807, 2.05) is 12.1 Å². The summed E-state index contributed by atoms with van der Waals surface area (Å²) in [6, 6.07) is 10.3. The molecule has 0 atom stereocenters. The van der Waals surface area contributed by atoms with Crippen LogP contribution in [0.3, 0.4) is 0 Å². The van der Waals surface area contributed by atoms with E-state index in [-0.39, 0.29) is 18.1 Å². The number of carbonyl (C=O) groups is 2. The third-order valence-electron chi connectivity index (χ3n) is 3.65. The molecular formula is C17H15N5O3. The van der Waals surface area contributed by atoms with Crippen LogP contribution in [-0.4, -0.2) is 33.0 Å². The van der Waals surface area contributed by atoms with Gasteiger partial charge in [-0.25, -0.2) is 0 Å². The van der Waals surface area contributed by atoms with E-state index in [0.29, 0.717) is 10.9 Å². The molecule has 2 amide bonds. The van der Waals surface area contributed by atoms with Gasteiger partial charge in [0.15, 0.2) is 5.69 Å². The second-order valence-corrected chi connectivity index (χ2v) is 5.26. The van der Waals surface area contributed by atoms with Gasteiger partial charge in [-0.05, 0) is 18.2 Å². The Bertz CT molecular complexity index is 963. The number of fused-ring (bicyclic) bond motifs is 1. The second-order valence-electron chi connectivity index (χ2n) is 5.26. The van der Waals surface area contributed by atoms with Crippen LogP contribution in [0.5, 0.6) is 5.88 Å². The summed E-state index contributed by atoms with van der Waals surface area (Å²) in [5.74, 6) is -1.12. The van der Waals surface area contributed by atoms with Gasteiger partial charge in [-0.3, -0.25) is 14.6 Å². The summed E-state index contributed by atoms with van der Waals surface area (Å²) in [5, 5.41) is 20.7. The van der Waals surface area contributed by atoms with Gasteiger partial charge in [-0.2, -0.15) is 0 Å². The van der Waals surface area contributed by atoms with Crippen LogP contribution in [0, 0.1) is 0 Å². The highest BCUT2D eigenvalue weighted by Crippen LogP contribution is 2.37. The van der Waals surface area contributed by atoms with E-state index in [2.05, 4.69) is 20.5 Å². The molecule has 0 bridgehead atoms. The first-order valence-corrected chi connectivity index (χ1v) is 7.47. The highest BCUT2D eigenvalue weighted by molar-refractivity contribution is 5.97. The number of aromatic nitrogens is 2. The molecule has 2 N–H and O–H groups in total. The van der Waals surface area contributed by atoms with Gasteiger partial charge in [0.05, 0.1) is 5.52 Å². The molecule has 0 saturated heterocycles. The molecule has 3 aromatic rings. The first-order chi connectivity index (χ1) is 12.1. The van der Waals surface area contributed by atoms with Crippen LogP contribution in [0.4, 0.5) is 5.69 Å². The first kappa shape index (κ1) is 16.3. The zero-order valence-corrected chi connectivity index (χ0v) is 13.4. The fraction of sp³-hybridized carbons (Fsp3) is 0.118. The summed E-state index contributed by atoms with van der Waals surface area (Å²) in [4.78, 5) is 27.5. The topological polar surface area (TPSA) is 109 Å². The largest absolute Gasteiger partial charge is 0.493 e. The molecule has 1 aromatic carbocycles. The van der Waals surface area contributed by atoms with Gasteiger partial charge < -0.3 is 15.0 Å². The molecule has 0 aliphatic rings. The maximum atomic E-state index is 11.8. The number of para-hydroxylation sites is 1. The lowest BCUT2D eigenvalue weighted by Crippen LogP contribution is -2.28. The van der Waals surface area contributed by atoms with E-state index in [9.17, 15) is 14.7 Å². The minimum absolute atomic E-state index is 0.0847. The number of azo groups is 1. The van der Waals surface area contributed by atoms with Gasteiger partial charge in [-0.15, -0.1) is 10.2 Å². The standard InChI is InChI=1S/C17H15N5O3/c1-22-13-5-3-2-4-12(13)15(17(22)25)21-20-14(23)10-19-16(24)11-6-8-18-9-7-11/h2-9,25H,10H2,1H3,(H,19,24). The Balaban J connectivity index is 1.69. The quantitative estimate of drug-likeness (QED) is 0.712. The van der Waals surface area contributed by atoms with Gasteiger partial charge in [-0.1, -0.05) is 18.2 Å². The smallest absolute Gasteiger partial charge is 0.283 e. The summed E-state index contributed by atoms with van der Waals surface area (Å²) in [7, 11) is 1.69. The lowest BCUT2D eigenvalue weighted by Gasteiger charge is -2.01. The first-order valence-electron chi connectivity index (χ1n) is 7.47. The molecule has 0 spiro atoms. The lowest BCUT2D eigenvalue weighted by molar-refractivity contribution is -0.117. The number of rotatable bonds is 4. The fourth-order valence-electron chi connectivity index (χ4n) is 2.36. The third kappa shape index (κ3) is 3.37. The number of aromatic hydroxyl groups is 1. The van der Waals surface area contributed by atoms with Crippen molar-refractivity contribution in [3.63, 3.8) is 0 Å². The van der Waals surface area contributed by atoms with Gasteiger partial charge in [0, 0.05) is 30.4 Å². The number of nitrogens with zero attached hydrogens (tertiary/aromatic N) is 4. The number of hydrogen-bond acceptors (Lipinski definition) is 5. The summed E-state index contributed by atoms with van der Waals surface area (Å²) < 4.78 is 1.55. The number of aryl methyl sites for hydroxylation is 1. The van der Waals surface area contributed by atoms with Crippen molar-refractivity contribution >= 4 is 28.4 Å². The maximum Gasteiger partial charge on any atom is 0.283 e. The molecule has 8 nitrogen and oxygen atoms in total. The van der Waals surface area contributed by atoms with Crippen molar-refractivity contribution in [2.24, 2.45) is 17.3 Å². The number of amides is 2.